The van der Waals surface area contributed by atoms with Crippen molar-refractivity contribution in [2.45, 2.75) is 6.92 Å². The van der Waals surface area contributed by atoms with Crippen molar-refractivity contribution in [2.75, 3.05) is 26.8 Å². The van der Waals surface area contributed by atoms with Crippen LogP contribution < -0.4 is 5.69 Å². The van der Waals surface area contributed by atoms with Gasteiger partial charge in [0.15, 0.2) is 0 Å². The van der Waals surface area contributed by atoms with E-state index in [0.717, 1.165) is 10.7 Å². The summed E-state index contributed by atoms with van der Waals surface area (Å²) >= 11 is 0. The molecule has 0 radical (unpaired) electrons. The van der Waals surface area contributed by atoms with Crippen LogP contribution in [0.2, 0.25) is 0 Å². The van der Waals surface area contributed by atoms with Crippen molar-refractivity contribution in [2.24, 2.45) is 0 Å². The summed E-state index contributed by atoms with van der Waals surface area (Å²) in [5, 5.41) is 7.18. The summed E-state index contributed by atoms with van der Waals surface area (Å²) in [6.45, 7) is 2.83. The molecule has 1 aromatic carbocycles. The van der Waals surface area contributed by atoms with Gasteiger partial charge < -0.3 is 9.64 Å². The van der Waals surface area contributed by atoms with Crippen molar-refractivity contribution >= 4 is 6.03 Å². The minimum absolute atomic E-state index is 0.198. The van der Waals surface area contributed by atoms with Gasteiger partial charge in [0.2, 0.25) is 0 Å². The van der Waals surface area contributed by atoms with Crippen LogP contribution in [0.4, 0.5) is 9.18 Å². The van der Waals surface area contributed by atoms with Gasteiger partial charge in [-0.2, -0.15) is 4.68 Å². The second kappa shape index (κ2) is 6.94. The SMILES string of the molecule is CCN(CCOC)C(=O)n1nnn(-c2cccc(F)c2)c1=O. The molecule has 8 nitrogen and oxygen atoms in total. The fraction of sp³-hybridized carbons (Fsp3) is 0.385. The zero-order valence-corrected chi connectivity index (χ0v) is 12.3. The first-order valence-electron chi connectivity index (χ1n) is 6.67. The van der Waals surface area contributed by atoms with E-state index in [1.807, 2.05) is 0 Å². The molecule has 0 atom stereocenters. The molecular formula is C13H16FN5O3. The first-order valence-corrected chi connectivity index (χ1v) is 6.67. The van der Waals surface area contributed by atoms with Gasteiger partial charge in [0, 0.05) is 20.2 Å². The van der Waals surface area contributed by atoms with Gasteiger partial charge in [0.1, 0.15) is 5.82 Å². The average Bonchev–Trinajstić information content (AvgIpc) is 2.89. The van der Waals surface area contributed by atoms with Crippen molar-refractivity contribution in [3.8, 4) is 5.69 Å². The van der Waals surface area contributed by atoms with E-state index in [2.05, 4.69) is 10.4 Å². The molecule has 0 aliphatic carbocycles. The van der Waals surface area contributed by atoms with E-state index in [-0.39, 0.29) is 5.69 Å². The molecule has 2 aromatic rings. The zero-order valence-electron chi connectivity index (χ0n) is 12.3. The lowest BCUT2D eigenvalue weighted by Gasteiger charge is -2.18. The lowest BCUT2D eigenvalue weighted by atomic mass is 10.3. The molecule has 1 amide bonds. The molecule has 0 aliphatic rings. The van der Waals surface area contributed by atoms with Gasteiger partial charge in [-0.3, -0.25) is 0 Å². The van der Waals surface area contributed by atoms with E-state index in [1.54, 1.807) is 6.92 Å². The summed E-state index contributed by atoms with van der Waals surface area (Å²) in [5.41, 5.74) is -0.560. The Morgan fingerprint density at radius 2 is 2.18 bits per heavy atom. The highest BCUT2D eigenvalue weighted by Crippen LogP contribution is 2.05. The predicted molar refractivity (Wildman–Crippen MR) is 75.5 cm³/mol. The van der Waals surface area contributed by atoms with Crippen molar-refractivity contribution in [3.63, 3.8) is 0 Å². The molecule has 118 valence electrons. The average molecular weight is 309 g/mol. The van der Waals surface area contributed by atoms with Crippen LogP contribution in [0.5, 0.6) is 0 Å². The van der Waals surface area contributed by atoms with Gasteiger partial charge >= 0.3 is 11.7 Å². The highest BCUT2D eigenvalue weighted by atomic mass is 19.1. The van der Waals surface area contributed by atoms with Crippen LogP contribution in [-0.4, -0.2) is 57.5 Å². The second-order valence-corrected chi connectivity index (χ2v) is 4.42. The standard InChI is InChI=1S/C13H16FN5O3/c1-3-17(7-8-22-2)12(20)19-13(21)18(15-16-19)11-6-4-5-10(14)9-11/h4-6,9H,3,7-8H2,1-2H3. The minimum Gasteiger partial charge on any atom is -0.383 e. The molecule has 9 heteroatoms. The van der Waals surface area contributed by atoms with Crippen LogP contribution in [0.3, 0.4) is 0 Å². The Hall–Kier alpha value is -2.55. The number of hydrogen-bond donors (Lipinski definition) is 0. The molecule has 22 heavy (non-hydrogen) atoms. The third-order valence-electron chi connectivity index (χ3n) is 3.03. The Balaban J connectivity index is 2.31. The highest BCUT2D eigenvalue weighted by molar-refractivity contribution is 5.75. The second-order valence-electron chi connectivity index (χ2n) is 4.42. The zero-order chi connectivity index (χ0) is 16.1. The molecule has 0 aliphatic heterocycles. The number of benzene rings is 1. The van der Waals surface area contributed by atoms with Crippen LogP contribution in [0, 0.1) is 5.82 Å². The predicted octanol–water partition coefficient (Wildman–Crippen LogP) is 0.504. The largest absolute Gasteiger partial charge is 0.383 e. The van der Waals surface area contributed by atoms with Crippen molar-refractivity contribution in [1.82, 2.24) is 24.7 Å². The Morgan fingerprint density at radius 3 is 2.82 bits per heavy atom. The molecular weight excluding hydrogens is 293 g/mol. The number of carbonyl (C=O) groups is 1. The summed E-state index contributed by atoms with van der Waals surface area (Å²) in [6.07, 6.45) is 0. The number of ether oxygens (including phenoxy) is 1. The summed E-state index contributed by atoms with van der Waals surface area (Å²) in [5.74, 6) is -0.513. The first kappa shape index (κ1) is 15.8. The van der Waals surface area contributed by atoms with Gasteiger partial charge in [0.25, 0.3) is 0 Å². The highest BCUT2D eigenvalue weighted by Gasteiger charge is 2.20. The monoisotopic (exact) mass is 309 g/mol. The number of rotatable bonds is 5. The van der Waals surface area contributed by atoms with Crippen molar-refractivity contribution in [1.29, 1.82) is 0 Å². The number of hydrogen-bond acceptors (Lipinski definition) is 5. The van der Waals surface area contributed by atoms with Crippen LogP contribution in [-0.2, 0) is 4.74 Å². The van der Waals surface area contributed by atoms with Crippen LogP contribution in [0.1, 0.15) is 6.92 Å². The number of tetrazole rings is 1. The molecule has 0 spiro atoms. The molecule has 1 aromatic heterocycles. The third-order valence-corrected chi connectivity index (χ3v) is 3.03. The fourth-order valence-corrected chi connectivity index (χ4v) is 1.86. The normalized spacial score (nSPS) is 10.7. The molecule has 0 fully saturated rings. The summed E-state index contributed by atoms with van der Waals surface area (Å²) < 4.78 is 19.6. The maximum absolute atomic E-state index is 13.2. The lowest BCUT2D eigenvalue weighted by Crippen LogP contribution is -2.42. The van der Waals surface area contributed by atoms with E-state index in [0.29, 0.717) is 24.4 Å². The number of likely N-dealkylation sites (N-methyl/N-ethyl adjacent to an activating group) is 1. The van der Waals surface area contributed by atoms with E-state index in [1.165, 1.54) is 30.2 Å². The fourth-order valence-electron chi connectivity index (χ4n) is 1.86. The van der Waals surface area contributed by atoms with Crippen LogP contribution in [0.25, 0.3) is 5.69 Å². The number of amides is 1. The topological polar surface area (TPSA) is 82.2 Å². The Morgan fingerprint density at radius 1 is 1.41 bits per heavy atom. The van der Waals surface area contributed by atoms with Crippen molar-refractivity contribution < 1.29 is 13.9 Å². The number of methoxy groups -OCH3 is 1. The number of nitrogens with zero attached hydrogens (tertiary/aromatic N) is 5. The smallest absolute Gasteiger partial charge is 0.377 e. The molecule has 0 saturated heterocycles. The molecule has 0 N–H and O–H groups in total. The molecule has 0 saturated carbocycles. The summed E-state index contributed by atoms with van der Waals surface area (Å²) in [6, 6.07) is 4.71. The maximum atomic E-state index is 13.2. The van der Waals surface area contributed by atoms with E-state index in [4.69, 9.17) is 4.74 Å². The molecule has 2 rings (SSSR count). The van der Waals surface area contributed by atoms with Gasteiger partial charge in [-0.05, 0) is 35.5 Å². The Kier molecular flexibility index (Phi) is 4.99. The first-order chi connectivity index (χ1) is 10.6. The van der Waals surface area contributed by atoms with Crippen LogP contribution in [0.15, 0.2) is 29.1 Å². The van der Waals surface area contributed by atoms with Gasteiger partial charge in [-0.15, -0.1) is 4.68 Å². The number of carbonyl (C=O) groups excluding carboxylic acids is 1. The molecule has 0 unspecified atom stereocenters. The van der Waals surface area contributed by atoms with Crippen molar-refractivity contribution in [3.05, 3.63) is 40.6 Å². The Labute approximate surface area is 125 Å². The quantitative estimate of drug-likeness (QED) is 0.751. The van der Waals surface area contributed by atoms with E-state index in [9.17, 15) is 14.0 Å². The van der Waals surface area contributed by atoms with Crippen LogP contribution >= 0.6 is 0 Å². The van der Waals surface area contributed by atoms with Gasteiger partial charge in [0.05, 0.1) is 12.3 Å². The maximum Gasteiger partial charge on any atom is 0.377 e. The number of aromatic nitrogens is 4. The summed E-state index contributed by atoms with van der Waals surface area (Å²) in [4.78, 5) is 25.9. The Bertz CT molecular complexity index is 712. The van der Waals surface area contributed by atoms with E-state index >= 15 is 0 Å². The van der Waals surface area contributed by atoms with Gasteiger partial charge in [-0.1, -0.05) is 6.07 Å². The van der Waals surface area contributed by atoms with Gasteiger partial charge in [-0.25, -0.2) is 14.0 Å². The molecule has 1 heterocycles. The minimum atomic E-state index is -0.758. The van der Waals surface area contributed by atoms with E-state index < -0.39 is 17.5 Å². The number of halogens is 1. The summed E-state index contributed by atoms with van der Waals surface area (Å²) in [7, 11) is 1.52. The lowest BCUT2D eigenvalue weighted by molar-refractivity contribution is 0.150. The molecule has 0 bridgehead atoms. The third kappa shape index (κ3) is 3.19.